The lowest BCUT2D eigenvalue weighted by Gasteiger charge is -2.36. The minimum absolute atomic E-state index is 0.204. The maximum Gasteiger partial charge on any atom is 0.308 e. The van der Waals surface area contributed by atoms with Crippen LogP contribution in [0.3, 0.4) is 0 Å². The zero-order valence-electron chi connectivity index (χ0n) is 12.7. The van der Waals surface area contributed by atoms with Crippen molar-refractivity contribution < 1.29 is 18.3 Å². The van der Waals surface area contributed by atoms with Crippen molar-refractivity contribution in [3.63, 3.8) is 0 Å². The second-order valence-corrected chi connectivity index (χ2v) is 7.66. The van der Waals surface area contributed by atoms with Crippen LogP contribution < -0.4 is 0 Å². The summed E-state index contributed by atoms with van der Waals surface area (Å²) in [5.41, 5.74) is 0. The first kappa shape index (κ1) is 15.9. The number of piperidine rings is 1. The molecule has 0 saturated carbocycles. The Bertz CT molecular complexity index is 845. The quantitative estimate of drug-likeness (QED) is 0.929. The highest BCUT2D eigenvalue weighted by Crippen LogP contribution is 2.32. The summed E-state index contributed by atoms with van der Waals surface area (Å²) in [4.78, 5) is 15.6. The molecule has 3 rings (SSSR count). The number of pyridine rings is 1. The molecule has 0 bridgehead atoms. The summed E-state index contributed by atoms with van der Waals surface area (Å²) in [6.45, 7) is 2.01. The van der Waals surface area contributed by atoms with Gasteiger partial charge in [0.2, 0.25) is 10.0 Å². The van der Waals surface area contributed by atoms with E-state index in [0.29, 0.717) is 24.8 Å². The largest absolute Gasteiger partial charge is 0.481 e. The summed E-state index contributed by atoms with van der Waals surface area (Å²) in [5.74, 6) is -1.62. The Morgan fingerprint density at radius 3 is 2.87 bits per heavy atom. The maximum atomic E-state index is 13.1. The van der Waals surface area contributed by atoms with Crippen LogP contribution in [-0.2, 0) is 14.8 Å². The molecule has 0 spiro atoms. The Labute approximate surface area is 134 Å². The van der Waals surface area contributed by atoms with Gasteiger partial charge in [-0.25, -0.2) is 8.42 Å². The van der Waals surface area contributed by atoms with Crippen molar-refractivity contribution in [1.29, 1.82) is 0 Å². The van der Waals surface area contributed by atoms with Crippen LogP contribution in [0.1, 0.15) is 19.8 Å². The standard InChI is InChI=1S/C16H18N2O4S/c1-11-13(16(19)20)5-3-9-18(11)23(21,22)15-6-2-4-12-10-17-8-7-14(12)15/h2,4,6-8,10-11,13H,3,5,9H2,1H3,(H,19,20)/t11-,13-/m1/s1. The van der Waals surface area contributed by atoms with Crippen LogP contribution in [0.15, 0.2) is 41.6 Å². The lowest BCUT2D eigenvalue weighted by atomic mass is 9.92. The van der Waals surface area contributed by atoms with Crippen LogP contribution >= 0.6 is 0 Å². The van der Waals surface area contributed by atoms with Crippen molar-refractivity contribution in [1.82, 2.24) is 9.29 Å². The van der Waals surface area contributed by atoms with E-state index < -0.39 is 28.0 Å². The smallest absolute Gasteiger partial charge is 0.308 e. The van der Waals surface area contributed by atoms with E-state index in [2.05, 4.69) is 4.98 Å². The Morgan fingerprint density at radius 2 is 2.13 bits per heavy atom. The predicted molar refractivity (Wildman–Crippen MR) is 85.5 cm³/mol. The number of sulfonamides is 1. The van der Waals surface area contributed by atoms with Gasteiger partial charge in [0.15, 0.2) is 0 Å². The Hall–Kier alpha value is -1.99. The minimum atomic E-state index is -3.76. The van der Waals surface area contributed by atoms with Crippen LogP contribution in [0.5, 0.6) is 0 Å². The van der Waals surface area contributed by atoms with Crippen molar-refractivity contribution in [2.24, 2.45) is 5.92 Å². The fraction of sp³-hybridized carbons (Fsp3) is 0.375. The van der Waals surface area contributed by atoms with Crippen molar-refractivity contribution in [3.8, 4) is 0 Å². The number of fused-ring (bicyclic) bond motifs is 1. The zero-order chi connectivity index (χ0) is 16.6. The van der Waals surface area contributed by atoms with Crippen LogP contribution in [-0.4, -0.2) is 41.4 Å². The lowest BCUT2D eigenvalue weighted by molar-refractivity contribution is -0.144. The van der Waals surface area contributed by atoms with Gasteiger partial charge in [-0.15, -0.1) is 0 Å². The molecule has 2 heterocycles. The molecule has 2 atom stereocenters. The molecule has 1 saturated heterocycles. The molecule has 1 aromatic heterocycles. The van der Waals surface area contributed by atoms with Gasteiger partial charge in [-0.05, 0) is 31.9 Å². The molecule has 1 aliphatic rings. The summed E-state index contributed by atoms with van der Waals surface area (Å²) < 4.78 is 27.5. The van der Waals surface area contributed by atoms with Gasteiger partial charge >= 0.3 is 5.97 Å². The van der Waals surface area contributed by atoms with E-state index in [1.54, 1.807) is 43.6 Å². The molecule has 0 unspecified atom stereocenters. The third kappa shape index (κ3) is 2.70. The number of carboxylic acids is 1. The zero-order valence-corrected chi connectivity index (χ0v) is 13.5. The molecule has 23 heavy (non-hydrogen) atoms. The molecular formula is C16H18N2O4S. The number of rotatable bonds is 3. The molecule has 7 heteroatoms. The number of hydrogen-bond acceptors (Lipinski definition) is 4. The summed E-state index contributed by atoms with van der Waals surface area (Å²) in [5, 5.41) is 10.7. The summed E-state index contributed by atoms with van der Waals surface area (Å²) in [6, 6.07) is 6.16. The first-order valence-corrected chi connectivity index (χ1v) is 8.94. The molecule has 1 N–H and O–H groups in total. The second kappa shape index (κ2) is 5.90. The van der Waals surface area contributed by atoms with Gasteiger partial charge in [-0.2, -0.15) is 4.31 Å². The molecule has 1 aliphatic heterocycles. The summed E-state index contributed by atoms with van der Waals surface area (Å²) in [7, 11) is -3.76. The molecule has 1 aromatic carbocycles. The fourth-order valence-corrected chi connectivity index (χ4v) is 5.15. The highest BCUT2D eigenvalue weighted by molar-refractivity contribution is 7.89. The van der Waals surface area contributed by atoms with Crippen molar-refractivity contribution in [3.05, 3.63) is 36.7 Å². The van der Waals surface area contributed by atoms with Crippen molar-refractivity contribution >= 4 is 26.8 Å². The fourth-order valence-electron chi connectivity index (χ4n) is 3.23. The van der Waals surface area contributed by atoms with E-state index in [4.69, 9.17) is 0 Å². The SMILES string of the molecule is C[C@@H]1[C@H](C(=O)O)CCCN1S(=O)(=O)c1cccc2cnccc12. The van der Waals surface area contributed by atoms with Gasteiger partial charge in [-0.3, -0.25) is 9.78 Å². The van der Waals surface area contributed by atoms with Crippen LogP contribution in [0.4, 0.5) is 0 Å². The Balaban J connectivity index is 2.08. The van der Waals surface area contributed by atoms with Crippen LogP contribution in [0.2, 0.25) is 0 Å². The normalized spacial score (nSPS) is 23.0. The molecule has 0 radical (unpaired) electrons. The van der Waals surface area contributed by atoms with Crippen LogP contribution in [0.25, 0.3) is 10.8 Å². The highest BCUT2D eigenvalue weighted by atomic mass is 32.2. The van der Waals surface area contributed by atoms with E-state index >= 15 is 0 Å². The maximum absolute atomic E-state index is 13.1. The minimum Gasteiger partial charge on any atom is -0.481 e. The highest BCUT2D eigenvalue weighted by Gasteiger charge is 2.39. The average Bonchev–Trinajstić information content (AvgIpc) is 2.54. The number of nitrogens with zero attached hydrogens (tertiary/aromatic N) is 2. The monoisotopic (exact) mass is 334 g/mol. The number of hydrogen-bond donors (Lipinski definition) is 1. The van der Waals surface area contributed by atoms with E-state index in [0.717, 1.165) is 5.39 Å². The van der Waals surface area contributed by atoms with Gasteiger partial charge in [0.1, 0.15) is 0 Å². The number of aliphatic carboxylic acids is 1. The first-order chi connectivity index (χ1) is 10.9. The van der Waals surface area contributed by atoms with Crippen molar-refractivity contribution in [2.75, 3.05) is 6.54 Å². The molecule has 0 aliphatic carbocycles. The molecular weight excluding hydrogens is 316 g/mol. The van der Waals surface area contributed by atoms with Gasteiger partial charge < -0.3 is 5.11 Å². The molecule has 1 fully saturated rings. The van der Waals surface area contributed by atoms with Gasteiger partial charge in [0.05, 0.1) is 10.8 Å². The second-order valence-electron chi connectivity index (χ2n) is 5.80. The van der Waals surface area contributed by atoms with Gasteiger partial charge in [-0.1, -0.05) is 12.1 Å². The molecule has 6 nitrogen and oxygen atoms in total. The number of aromatic nitrogens is 1. The predicted octanol–water partition coefficient (Wildman–Crippen LogP) is 2.11. The van der Waals surface area contributed by atoms with E-state index in [1.807, 2.05) is 0 Å². The van der Waals surface area contributed by atoms with E-state index in [9.17, 15) is 18.3 Å². The van der Waals surface area contributed by atoms with Gasteiger partial charge in [0, 0.05) is 35.8 Å². The van der Waals surface area contributed by atoms with E-state index in [1.165, 1.54) is 4.31 Å². The van der Waals surface area contributed by atoms with E-state index in [-0.39, 0.29) is 4.90 Å². The topological polar surface area (TPSA) is 87.6 Å². The van der Waals surface area contributed by atoms with Crippen LogP contribution in [0, 0.1) is 5.92 Å². The lowest BCUT2D eigenvalue weighted by Crippen LogP contribution is -2.49. The van der Waals surface area contributed by atoms with Crippen molar-refractivity contribution in [2.45, 2.75) is 30.7 Å². The number of carboxylic acid groups (broad SMARTS) is 1. The number of benzene rings is 1. The molecule has 122 valence electrons. The third-order valence-corrected chi connectivity index (χ3v) is 6.52. The summed E-state index contributed by atoms with van der Waals surface area (Å²) in [6.07, 6.45) is 4.23. The molecule has 0 amide bonds. The summed E-state index contributed by atoms with van der Waals surface area (Å²) >= 11 is 0. The average molecular weight is 334 g/mol. The Kier molecular flexibility index (Phi) is 4.08. The third-order valence-electron chi connectivity index (χ3n) is 4.47. The van der Waals surface area contributed by atoms with Gasteiger partial charge in [0.25, 0.3) is 0 Å². The molecule has 2 aromatic rings. The Morgan fingerprint density at radius 1 is 1.35 bits per heavy atom. The number of carbonyl (C=O) groups is 1. The first-order valence-electron chi connectivity index (χ1n) is 7.50.